The van der Waals surface area contributed by atoms with Crippen LogP contribution in [0.25, 0.3) is 0 Å². The molecular formula is C8H20SSi2. The summed E-state index contributed by atoms with van der Waals surface area (Å²) in [5, 5.41) is 0. The summed E-state index contributed by atoms with van der Waals surface area (Å²) < 4.78 is 0. The third kappa shape index (κ3) is 10.8. The Labute approximate surface area is 79.4 Å². The topological polar surface area (TPSA) is 0 Å². The van der Waals surface area contributed by atoms with Gasteiger partial charge in [0.2, 0.25) is 0 Å². The minimum Gasteiger partial charge on any atom is -0.163 e. The molecule has 0 unspecified atom stereocenters. The number of hydrogen-bond acceptors (Lipinski definition) is 1. The molecule has 2 radical (unpaired) electrons. The molecule has 0 heterocycles. The van der Waals surface area contributed by atoms with Gasteiger partial charge in [0.05, 0.1) is 0 Å². The van der Waals surface area contributed by atoms with Crippen molar-refractivity contribution < 1.29 is 0 Å². The van der Waals surface area contributed by atoms with E-state index in [0.29, 0.717) is 0 Å². The van der Waals surface area contributed by atoms with Crippen LogP contribution in [0.2, 0.25) is 38.3 Å². The summed E-state index contributed by atoms with van der Waals surface area (Å²) in [6, 6.07) is 2.98. The summed E-state index contributed by atoms with van der Waals surface area (Å²) in [5.74, 6) is 2.83. The Morgan fingerprint density at radius 3 is 1.45 bits per heavy atom. The first-order valence-electron chi connectivity index (χ1n) is 4.28. The first-order chi connectivity index (χ1) is 5.13. The third-order valence-electron chi connectivity index (χ3n) is 1.49. The number of thioether (sulfide) groups is 1. The highest BCUT2D eigenvalue weighted by Crippen LogP contribution is 2.08. The van der Waals surface area contributed by atoms with E-state index in [2.05, 4.69) is 37.9 Å². The summed E-state index contributed by atoms with van der Waals surface area (Å²) in [4.78, 5) is 0. The molecule has 0 aromatic heterocycles. The van der Waals surface area contributed by atoms with Crippen molar-refractivity contribution in [1.82, 2.24) is 0 Å². The van der Waals surface area contributed by atoms with E-state index in [1.165, 1.54) is 23.6 Å². The van der Waals surface area contributed by atoms with Gasteiger partial charge in [0.15, 0.2) is 0 Å². The Balaban J connectivity index is 2.91. The van der Waals surface area contributed by atoms with Crippen LogP contribution in [0.1, 0.15) is 0 Å². The zero-order valence-electron chi connectivity index (χ0n) is 8.24. The van der Waals surface area contributed by atoms with E-state index in [-0.39, 0.29) is 17.6 Å². The van der Waals surface area contributed by atoms with Gasteiger partial charge in [0.1, 0.15) is 0 Å². The smallest absolute Gasteiger partial charge is 0.0421 e. The van der Waals surface area contributed by atoms with Gasteiger partial charge in [-0.1, -0.05) is 38.3 Å². The van der Waals surface area contributed by atoms with Crippen LogP contribution in [-0.4, -0.2) is 29.1 Å². The molecule has 0 spiro atoms. The molecule has 11 heavy (non-hydrogen) atoms. The Morgan fingerprint density at radius 2 is 1.18 bits per heavy atom. The molecule has 3 heteroatoms. The third-order valence-corrected chi connectivity index (χ3v) is 5.70. The predicted molar refractivity (Wildman–Crippen MR) is 61.9 cm³/mol. The minimum atomic E-state index is 0.0524. The summed E-state index contributed by atoms with van der Waals surface area (Å²) in [6.45, 7) is 9.61. The molecule has 0 N–H and O–H groups in total. The molecule has 0 aliphatic rings. The summed E-state index contributed by atoms with van der Waals surface area (Å²) in [7, 11) is 0.105. The molecule has 0 fully saturated rings. The van der Waals surface area contributed by atoms with Gasteiger partial charge in [0, 0.05) is 17.6 Å². The van der Waals surface area contributed by atoms with Gasteiger partial charge in [-0.15, -0.1) is 0 Å². The summed E-state index contributed by atoms with van der Waals surface area (Å²) in [5.41, 5.74) is 0. The average Bonchev–Trinajstić information content (AvgIpc) is 1.85. The van der Waals surface area contributed by atoms with Gasteiger partial charge in [-0.05, 0) is 11.5 Å². The van der Waals surface area contributed by atoms with Crippen molar-refractivity contribution in [2.75, 3.05) is 11.5 Å². The molecule has 0 aromatic rings. The van der Waals surface area contributed by atoms with Crippen LogP contribution in [0.15, 0.2) is 0 Å². The van der Waals surface area contributed by atoms with Gasteiger partial charge in [0.25, 0.3) is 0 Å². The van der Waals surface area contributed by atoms with Gasteiger partial charge in [-0.3, -0.25) is 0 Å². The molecule has 0 nitrogen and oxygen atoms in total. The minimum absolute atomic E-state index is 0.0524. The molecule has 0 amide bonds. The fourth-order valence-corrected chi connectivity index (χ4v) is 5.28. The van der Waals surface area contributed by atoms with Crippen molar-refractivity contribution in [2.24, 2.45) is 0 Å². The molecule has 0 saturated carbocycles. The van der Waals surface area contributed by atoms with E-state index in [4.69, 9.17) is 0 Å². The van der Waals surface area contributed by atoms with Crippen LogP contribution in [-0.2, 0) is 0 Å². The molecule has 0 aliphatic heterocycles. The van der Waals surface area contributed by atoms with E-state index in [1.54, 1.807) is 0 Å². The molecular weight excluding hydrogens is 184 g/mol. The largest absolute Gasteiger partial charge is 0.163 e. The molecule has 66 valence electrons. The first-order valence-corrected chi connectivity index (χ1v) is 10.9. The lowest BCUT2D eigenvalue weighted by molar-refractivity contribution is 1.39. The molecule has 0 saturated heterocycles. The van der Waals surface area contributed by atoms with Crippen molar-refractivity contribution in [2.45, 2.75) is 38.3 Å². The Bertz CT molecular complexity index is 74.2. The lowest BCUT2D eigenvalue weighted by atomic mass is 10.9. The van der Waals surface area contributed by atoms with Crippen molar-refractivity contribution in [3.05, 3.63) is 0 Å². The maximum atomic E-state index is 2.40. The first kappa shape index (κ1) is 11.8. The van der Waals surface area contributed by atoms with Gasteiger partial charge >= 0.3 is 0 Å². The van der Waals surface area contributed by atoms with Crippen molar-refractivity contribution in [3.8, 4) is 0 Å². The second-order valence-corrected chi connectivity index (χ2v) is 10.6. The van der Waals surface area contributed by atoms with Gasteiger partial charge in [-0.25, -0.2) is 0 Å². The second kappa shape index (κ2) is 7.43. The molecule has 0 bridgehead atoms. The fourth-order valence-electron chi connectivity index (χ4n) is 0.655. The SMILES string of the molecule is C[Si](C)CCSCC[Si](C)C. The van der Waals surface area contributed by atoms with Crippen LogP contribution in [0.3, 0.4) is 0 Å². The van der Waals surface area contributed by atoms with Crippen molar-refractivity contribution >= 4 is 29.4 Å². The van der Waals surface area contributed by atoms with Crippen molar-refractivity contribution in [3.63, 3.8) is 0 Å². The second-order valence-electron chi connectivity index (χ2n) is 3.53. The number of hydrogen-bond donors (Lipinski definition) is 0. The predicted octanol–water partition coefficient (Wildman–Crippen LogP) is 3.23. The number of rotatable bonds is 6. The van der Waals surface area contributed by atoms with Crippen LogP contribution in [0.4, 0.5) is 0 Å². The summed E-state index contributed by atoms with van der Waals surface area (Å²) >= 11 is 2.16. The Morgan fingerprint density at radius 1 is 0.818 bits per heavy atom. The van der Waals surface area contributed by atoms with Crippen molar-refractivity contribution in [1.29, 1.82) is 0 Å². The fraction of sp³-hybridized carbons (Fsp3) is 1.00. The van der Waals surface area contributed by atoms with Gasteiger partial charge in [-0.2, -0.15) is 11.8 Å². The highest BCUT2D eigenvalue weighted by molar-refractivity contribution is 7.99. The maximum Gasteiger partial charge on any atom is 0.0421 e. The lowest BCUT2D eigenvalue weighted by Gasteiger charge is -2.03. The highest BCUT2D eigenvalue weighted by Gasteiger charge is 1.98. The zero-order valence-corrected chi connectivity index (χ0v) is 11.1. The van der Waals surface area contributed by atoms with E-state index >= 15 is 0 Å². The Hall–Kier alpha value is 0.784. The quantitative estimate of drug-likeness (QED) is 0.473. The normalized spacial score (nSPS) is 11.5. The monoisotopic (exact) mass is 204 g/mol. The molecule has 0 aliphatic carbocycles. The molecule has 0 aromatic carbocycles. The lowest BCUT2D eigenvalue weighted by Crippen LogP contribution is -2.03. The Kier molecular flexibility index (Phi) is 7.96. The standard InChI is InChI=1S/C8H20SSi2/c1-10(2)7-5-9-6-8-11(3)4/h5-8H2,1-4H3. The van der Waals surface area contributed by atoms with E-state index in [9.17, 15) is 0 Å². The van der Waals surface area contributed by atoms with Crippen LogP contribution in [0.5, 0.6) is 0 Å². The highest BCUT2D eigenvalue weighted by atomic mass is 32.2. The average molecular weight is 204 g/mol. The van der Waals surface area contributed by atoms with Gasteiger partial charge < -0.3 is 0 Å². The van der Waals surface area contributed by atoms with E-state index in [1.807, 2.05) is 0 Å². The zero-order chi connectivity index (χ0) is 8.69. The van der Waals surface area contributed by atoms with Crippen LogP contribution < -0.4 is 0 Å². The van der Waals surface area contributed by atoms with Crippen LogP contribution in [0, 0.1) is 0 Å². The van der Waals surface area contributed by atoms with E-state index < -0.39 is 0 Å². The van der Waals surface area contributed by atoms with E-state index in [0.717, 1.165) is 0 Å². The summed E-state index contributed by atoms with van der Waals surface area (Å²) in [6.07, 6.45) is 0. The molecule has 0 atom stereocenters. The van der Waals surface area contributed by atoms with Crippen LogP contribution >= 0.6 is 11.8 Å². The maximum absolute atomic E-state index is 2.40. The molecule has 0 rings (SSSR count).